The molecule has 0 aromatic carbocycles. The number of Topliss-reactive ketones (excluding diaryl/α,β-unsaturated/α-hetero) is 1. The molecule has 7 atom stereocenters. The van der Waals surface area contributed by atoms with Gasteiger partial charge in [-0.05, 0) is 56.1 Å². The van der Waals surface area contributed by atoms with Gasteiger partial charge in [-0.25, -0.2) is 9.78 Å². The number of nitrogens with zero attached hydrogens (tertiary/aromatic N) is 1. The minimum Gasteiger partial charge on any atom is -0.393 e. The normalized spacial score (nSPS) is 38.2. The van der Waals surface area contributed by atoms with Gasteiger partial charge in [0.2, 0.25) is 0 Å². The van der Waals surface area contributed by atoms with Gasteiger partial charge >= 0.3 is 5.69 Å². The Hall–Kier alpha value is -3.15. The number of allylic oxidation sites excluding steroid dienone is 4. The van der Waals surface area contributed by atoms with Crippen LogP contribution in [0.2, 0.25) is 0 Å². The van der Waals surface area contributed by atoms with Crippen LogP contribution in [0.3, 0.4) is 0 Å². The third kappa shape index (κ3) is 3.71. The van der Waals surface area contributed by atoms with Gasteiger partial charge in [-0.3, -0.25) is 24.4 Å². The van der Waals surface area contributed by atoms with E-state index in [9.17, 15) is 34.5 Å². The summed E-state index contributed by atoms with van der Waals surface area (Å²) in [6, 6.07) is 0. The van der Waals surface area contributed by atoms with Crippen LogP contribution in [0.4, 0.5) is 0 Å². The predicted octanol–water partition coefficient (Wildman–Crippen LogP) is 0.497. The van der Waals surface area contributed by atoms with E-state index in [2.05, 4.69) is 26.9 Å². The molecular weight excluding hydrogens is 480 g/mol. The lowest BCUT2D eigenvalue weighted by molar-refractivity contribution is -0.178. The molecule has 0 spiro atoms. The van der Waals surface area contributed by atoms with Crippen molar-refractivity contribution in [2.75, 3.05) is 6.61 Å². The Labute approximate surface area is 211 Å². The second-order valence-corrected chi connectivity index (χ2v) is 11.2. The van der Waals surface area contributed by atoms with Crippen molar-refractivity contribution in [1.82, 2.24) is 19.9 Å². The Morgan fingerprint density at radius 2 is 1.95 bits per heavy atom. The van der Waals surface area contributed by atoms with Crippen molar-refractivity contribution in [3.63, 3.8) is 0 Å². The highest BCUT2D eigenvalue weighted by molar-refractivity contribution is 6.01. The number of aliphatic hydroxyl groups excluding tert-OH is 2. The van der Waals surface area contributed by atoms with Crippen LogP contribution in [0.1, 0.15) is 46.0 Å². The Morgan fingerprint density at radius 1 is 1.19 bits per heavy atom. The van der Waals surface area contributed by atoms with Crippen molar-refractivity contribution in [2.45, 2.75) is 57.7 Å². The average molecular weight is 513 g/mol. The summed E-state index contributed by atoms with van der Waals surface area (Å²) in [5.74, 6) is -0.227. The summed E-state index contributed by atoms with van der Waals surface area (Å²) in [7, 11) is 0. The van der Waals surface area contributed by atoms with Crippen molar-refractivity contribution in [3.05, 3.63) is 51.0 Å². The molecule has 0 saturated heterocycles. The van der Waals surface area contributed by atoms with Gasteiger partial charge in [0.1, 0.15) is 17.7 Å². The molecular formula is C26H32N4O7. The summed E-state index contributed by atoms with van der Waals surface area (Å²) < 4.78 is 0. The zero-order chi connectivity index (χ0) is 26.8. The Morgan fingerprint density at radius 3 is 2.68 bits per heavy atom. The number of hydrogen-bond acceptors (Lipinski definition) is 8. The van der Waals surface area contributed by atoms with Crippen LogP contribution in [-0.2, 0) is 9.59 Å². The van der Waals surface area contributed by atoms with Crippen molar-refractivity contribution >= 4 is 22.7 Å². The van der Waals surface area contributed by atoms with Crippen LogP contribution in [-0.4, -0.2) is 65.1 Å². The fourth-order valence-corrected chi connectivity index (χ4v) is 7.79. The fourth-order valence-electron chi connectivity index (χ4n) is 7.79. The summed E-state index contributed by atoms with van der Waals surface area (Å²) in [6.07, 6.45) is 9.03. The van der Waals surface area contributed by atoms with Crippen LogP contribution < -0.4 is 11.2 Å². The van der Waals surface area contributed by atoms with Gasteiger partial charge in [-0.1, -0.05) is 25.5 Å². The number of fused-ring (bicyclic) bond motifs is 6. The first kappa shape index (κ1) is 25.5. The lowest BCUT2D eigenvalue weighted by atomic mass is 9.46. The molecule has 2 heterocycles. The molecule has 4 aliphatic carbocycles. The van der Waals surface area contributed by atoms with Gasteiger partial charge in [0, 0.05) is 16.7 Å². The maximum atomic E-state index is 12.4. The van der Waals surface area contributed by atoms with E-state index in [0.29, 0.717) is 12.8 Å². The Bertz CT molecular complexity index is 1440. The SMILES string of the molecule is C[C@]12C=CC(=O)C=C1CC[C@@H]1[C@@H]2[C@@H](O)C[C@@]2(C)[C@H]1CC[C@]2(O)C(=O)CO.O=c1[nH]c(=O)c2[nH]cnc2[nH]1. The van der Waals surface area contributed by atoms with Gasteiger partial charge in [-0.2, -0.15) is 0 Å². The van der Waals surface area contributed by atoms with Gasteiger partial charge < -0.3 is 20.3 Å². The maximum absolute atomic E-state index is 12.4. The van der Waals surface area contributed by atoms with E-state index < -0.39 is 40.8 Å². The summed E-state index contributed by atoms with van der Waals surface area (Å²) in [4.78, 5) is 56.4. The highest BCUT2D eigenvalue weighted by Crippen LogP contribution is 2.67. The van der Waals surface area contributed by atoms with Gasteiger partial charge in [0.05, 0.1) is 12.4 Å². The van der Waals surface area contributed by atoms with Gasteiger partial charge in [0.15, 0.2) is 17.2 Å². The minimum atomic E-state index is -1.56. The number of aromatic nitrogens is 4. The number of ketones is 2. The summed E-state index contributed by atoms with van der Waals surface area (Å²) in [5, 5.41) is 31.7. The fraction of sp³-hybridized carbons (Fsp3) is 0.577. The highest BCUT2D eigenvalue weighted by atomic mass is 16.3. The Balaban J connectivity index is 0.000000212. The summed E-state index contributed by atoms with van der Waals surface area (Å²) >= 11 is 0. The van der Waals surface area contributed by atoms with Crippen molar-refractivity contribution in [2.24, 2.45) is 28.6 Å². The maximum Gasteiger partial charge on any atom is 0.327 e. The molecule has 0 amide bonds. The molecule has 2 aromatic heterocycles. The predicted molar refractivity (Wildman–Crippen MR) is 132 cm³/mol. The van der Waals surface area contributed by atoms with E-state index in [1.165, 1.54) is 6.33 Å². The number of rotatable bonds is 2. The molecule has 0 aliphatic heterocycles. The highest BCUT2D eigenvalue weighted by Gasteiger charge is 2.67. The third-order valence-electron chi connectivity index (χ3n) is 9.58. The van der Waals surface area contributed by atoms with E-state index in [4.69, 9.17) is 0 Å². The topological polar surface area (TPSA) is 189 Å². The number of aromatic amines is 3. The Kier molecular flexibility index (Phi) is 6.00. The second-order valence-electron chi connectivity index (χ2n) is 11.2. The van der Waals surface area contributed by atoms with E-state index in [-0.39, 0.29) is 40.1 Å². The largest absolute Gasteiger partial charge is 0.393 e. The van der Waals surface area contributed by atoms with Crippen LogP contribution in [0.5, 0.6) is 0 Å². The van der Waals surface area contributed by atoms with Gasteiger partial charge in [0.25, 0.3) is 5.56 Å². The molecule has 3 saturated carbocycles. The van der Waals surface area contributed by atoms with Crippen LogP contribution in [0.15, 0.2) is 39.7 Å². The molecule has 11 nitrogen and oxygen atoms in total. The second kappa shape index (κ2) is 8.71. The summed E-state index contributed by atoms with van der Waals surface area (Å²) in [5.41, 5.74) is -1.99. The number of imidazole rings is 1. The van der Waals surface area contributed by atoms with Crippen molar-refractivity contribution in [3.8, 4) is 0 Å². The summed E-state index contributed by atoms with van der Waals surface area (Å²) in [6.45, 7) is 3.34. The number of H-pyrrole nitrogens is 3. The molecule has 0 bridgehead atoms. The third-order valence-corrected chi connectivity index (χ3v) is 9.58. The molecule has 4 aliphatic rings. The van der Waals surface area contributed by atoms with E-state index >= 15 is 0 Å². The van der Waals surface area contributed by atoms with Crippen LogP contribution >= 0.6 is 0 Å². The smallest absolute Gasteiger partial charge is 0.327 e. The zero-order valence-electron chi connectivity index (χ0n) is 20.8. The molecule has 11 heteroatoms. The number of carbonyl (C=O) groups is 2. The molecule has 2 aromatic rings. The van der Waals surface area contributed by atoms with Crippen molar-refractivity contribution in [1.29, 1.82) is 0 Å². The lowest BCUT2D eigenvalue weighted by Crippen LogP contribution is -2.61. The first-order chi connectivity index (χ1) is 17.4. The zero-order valence-corrected chi connectivity index (χ0v) is 20.8. The van der Waals surface area contributed by atoms with Crippen molar-refractivity contribution < 1.29 is 24.9 Å². The quantitative estimate of drug-likeness (QED) is 0.335. The molecule has 0 radical (unpaired) electrons. The van der Waals surface area contributed by atoms with Crippen LogP contribution in [0.25, 0.3) is 11.2 Å². The van der Waals surface area contributed by atoms with E-state index in [0.717, 1.165) is 24.8 Å². The first-order valence-corrected chi connectivity index (χ1v) is 12.6. The number of hydrogen-bond donors (Lipinski definition) is 6. The van der Waals surface area contributed by atoms with E-state index in [1.54, 1.807) is 12.2 Å². The molecule has 3 fully saturated rings. The monoisotopic (exact) mass is 512 g/mol. The average Bonchev–Trinajstić information content (AvgIpc) is 3.42. The van der Waals surface area contributed by atoms with Gasteiger partial charge in [-0.15, -0.1) is 0 Å². The standard InChI is InChI=1S/C21H28O5.C5H4N4O2/c1-19-7-5-13(23)9-12(19)3-4-14-15-6-8-21(26,17(25)11-22)20(15,2)10-16(24)18(14)19;10-4-2-3(7-1-6-2)8-5(11)9-4/h5,7,9,14-16,18,22,24,26H,3-4,6,8,10-11H2,1-2H3;1H,(H3,6,7,8,9,10,11)/t14-,15-,16-,18+,19-,20-,21-;/m0./s1. The lowest BCUT2D eigenvalue weighted by Gasteiger charge is -2.59. The number of nitrogens with one attached hydrogen (secondary N) is 3. The number of carbonyl (C=O) groups excluding carboxylic acids is 2. The number of aliphatic hydroxyl groups is 3. The first-order valence-electron chi connectivity index (χ1n) is 12.6. The van der Waals surface area contributed by atoms with Crippen LogP contribution in [0, 0.1) is 28.6 Å². The molecule has 6 rings (SSSR count). The molecule has 198 valence electrons. The van der Waals surface area contributed by atoms with E-state index in [1.807, 2.05) is 13.0 Å². The molecule has 0 unspecified atom stereocenters. The minimum absolute atomic E-state index is 0.00912. The molecule has 37 heavy (non-hydrogen) atoms. The molecule has 6 N–H and O–H groups in total.